The van der Waals surface area contributed by atoms with Crippen LogP contribution in [0, 0.1) is 22.9 Å². The summed E-state index contributed by atoms with van der Waals surface area (Å²) < 4.78 is 0. The van der Waals surface area contributed by atoms with Gasteiger partial charge in [-0.15, -0.1) is 11.1 Å². The van der Waals surface area contributed by atoms with Crippen LogP contribution in [0.4, 0.5) is 0 Å². The standard InChI is InChI=1S/C56H56Cl4N2Si2/c1-29(2)63(30(3)4,31(5)6)23-21-39-41-25-45-46(52(58)54(60)53(59)51(45)57)26-42(41)40(22-24-64(32(7)8,33(9)10)34(11)12)56-55(39)61-47-27-43-44(28-48(47)62-56)50-37-19-15-13-17-35(37)49(43)36-18-14-16-20-38(36)50/h13-20,25-34,49-50H,1-12H3. The number of benzene rings is 6. The summed E-state index contributed by atoms with van der Waals surface area (Å²) in [5.74, 6) is 8.04. The van der Waals surface area contributed by atoms with Crippen LogP contribution in [0.15, 0.2) is 72.8 Å². The Kier molecular flexibility index (Phi) is 11.7. The zero-order chi connectivity index (χ0) is 45.9. The van der Waals surface area contributed by atoms with Gasteiger partial charge in [-0.3, -0.25) is 0 Å². The predicted octanol–water partition coefficient (Wildman–Crippen LogP) is 17.8. The Hall–Kier alpha value is -3.85. The van der Waals surface area contributed by atoms with Crippen molar-refractivity contribution in [3.8, 4) is 22.9 Å². The number of hydrogen-bond acceptors (Lipinski definition) is 2. The van der Waals surface area contributed by atoms with Gasteiger partial charge in [0.1, 0.15) is 27.2 Å². The molecule has 0 spiro atoms. The van der Waals surface area contributed by atoms with Crippen LogP contribution in [0.25, 0.3) is 43.6 Å². The van der Waals surface area contributed by atoms with Crippen LogP contribution in [0.2, 0.25) is 53.3 Å². The number of aromatic nitrogens is 2. The quantitative estimate of drug-likeness (QED) is 0.0546. The second-order valence-corrected chi connectivity index (χ2v) is 32.9. The lowest BCUT2D eigenvalue weighted by Crippen LogP contribution is -2.43. The molecule has 3 aliphatic carbocycles. The molecule has 0 aliphatic heterocycles. The first-order valence-corrected chi connectivity index (χ1v) is 29.0. The highest BCUT2D eigenvalue weighted by Crippen LogP contribution is 2.56. The van der Waals surface area contributed by atoms with E-state index in [1.165, 1.54) is 33.4 Å². The number of halogens is 4. The molecular formula is C56H56Cl4N2Si2. The van der Waals surface area contributed by atoms with Crippen LogP contribution >= 0.6 is 46.4 Å². The van der Waals surface area contributed by atoms with Gasteiger partial charge in [-0.25, -0.2) is 9.97 Å². The highest BCUT2D eigenvalue weighted by atomic mass is 35.5. The second-order valence-electron chi connectivity index (χ2n) is 20.3. The Morgan fingerprint density at radius 2 is 0.703 bits per heavy atom. The SMILES string of the molecule is CC(C)[Si](C#Cc1c2cc3c(Cl)c(Cl)c(Cl)c(Cl)c3cc2c(C#C[Si](C(C)C)(C(C)C)C(C)C)c2nc3cc4c(cc3nc12)C1c2ccccc2C4c2ccccc21)(C(C)C)C(C)C. The molecule has 0 unspecified atom stereocenters. The molecule has 0 N–H and O–H groups in total. The van der Waals surface area contributed by atoms with Crippen LogP contribution in [0.1, 0.15) is 139 Å². The lowest BCUT2D eigenvalue weighted by molar-refractivity contribution is 0.756. The largest absolute Gasteiger partial charge is 0.243 e. The predicted molar refractivity (Wildman–Crippen MR) is 283 cm³/mol. The molecule has 7 aromatic rings. The van der Waals surface area contributed by atoms with E-state index in [4.69, 9.17) is 56.4 Å². The van der Waals surface area contributed by atoms with Crippen molar-refractivity contribution >= 4 is 106 Å². The summed E-state index contributed by atoms with van der Waals surface area (Å²) in [6, 6.07) is 26.7. The first-order chi connectivity index (χ1) is 30.4. The third-order valence-electron chi connectivity index (χ3n) is 15.5. The fraction of sp³-hybridized carbons (Fsp3) is 0.357. The number of rotatable bonds is 6. The lowest BCUT2D eigenvalue weighted by atomic mass is 9.61. The van der Waals surface area contributed by atoms with Crippen LogP contribution in [-0.2, 0) is 0 Å². The van der Waals surface area contributed by atoms with Gasteiger partial charge in [-0.1, -0.05) is 190 Å². The smallest absolute Gasteiger partial charge is 0.146 e. The Morgan fingerprint density at radius 1 is 0.406 bits per heavy atom. The fourth-order valence-corrected chi connectivity index (χ4v) is 24.0. The molecule has 0 saturated carbocycles. The van der Waals surface area contributed by atoms with E-state index in [-0.39, 0.29) is 21.9 Å². The van der Waals surface area contributed by atoms with Crippen molar-refractivity contribution in [1.29, 1.82) is 0 Å². The Labute approximate surface area is 401 Å². The van der Waals surface area contributed by atoms with Gasteiger partial charge in [0.25, 0.3) is 0 Å². The molecule has 10 rings (SSSR count). The van der Waals surface area contributed by atoms with Gasteiger partial charge >= 0.3 is 0 Å². The van der Waals surface area contributed by atoms with Crippen LogP contribution in [0.3, 0.4) is 0 Å². The van der Waals surface area contributed by atoms with Gasteiger partial charge in [-0.2, -0.15) is 0 Å². The van der Waals surface area contributed by atoms with Crippen molar-refractivity contribution in [3.63, 3.8) is 0 Å². The van der Waals surface area contributed by atoms with Gasteiger partial charge in [0.15, 0.2) is 0 Å². The molecule has 8 heteroatoms. The lowest BCUT2D eigenvalue weighted by Gasteiger charge is -2.42. The van der Waals surface area contributed by atoms with Crippen LogP contribution < -0.4 is 0 Å². The fourth-order valence-electron chi connectivity index (χ4n) is 12.6. The normalized spacial score (nSPS) is 15.8. The van der Waals surface area contributed by atoms with Crippen molar-refractivity contribution in [1.82, 2.24) is 9.97 Å². The van der Waals surface area contributed by atoms with Crippen molar-refractivity contribution in [3.05, 3.63) is 137 Å². The molecule has 3 aliphatic rings. The van der Waals surface area contributed by atoms with E-state index in [9.17, 15) is 0 Å². The molecular weight excluding hydrogens is 899 g/mol. The molecule has 0 radical (unpaired) electrons. The molecule has 1 aromatic heterocycles. The monoisotopic (exact) mass is 952 g/mol. The first kappa shape index (κ1) is 45.3. The summed E-state index contributed by atoms with van der Waals surface area (Å²) >= 11 is 27.8. The maximum Gasteiger partial charge on any atom is 0.146 e. The zero-order valence-corrected chi connectivity index (χ0v) is 44.0. The van der Waals surface area contributed by atoms with Crippen LogP contribution in [-0.4, -0.2) is 26.1 Å². The van der Waals surface area contributed by atoms with Crippen molar-refractivity contribution in [2.24, 2.45) is 0 Å². The molecule has 0 amide bonds. The highest BCUT2D eigenvalue weighted by Gasteiger charge is 2.44. The summed E-state index contributed by atoms with van der Waals surface area (Å²) in [6.45, 7) is 28.2. The van der Waals surface area contributed by atoms with Crippen molar-refractivity contribution in [2.45, 2.75) is 128 Å². The molecule has 1 heterocycles. The van der Waals surface area contributed by atoms with E-state index < -0.39 is 16.1 Å². The van der Waals surface area contributed by atoms with E-state index in [0.717, 1.165) is 44.0 Å². The molecule has 0 fully saturated rings. The molecule has 6 aromatic carbocycles. The number of nitrogens with zero attached hydrogens (tertiary/aromatic N) is 2. The van der Waals surface area contributed by atoms with Gasteiger partial charge in [0, 0.05) is 33.4 Å². The zero-order valence-electron chi connectivity index (χ0n) is 39.0. The molecule has 0 atom stereocenters. The summed E-state index contributed by atoms with van der Waals surface area (Å²) in [7, 11) is -4.47. The molecule has 64 heavy (non-hydrogen) atoms. The minimum absolute atomic E-state index is 0.109. The van der Waals surface area contributed by atoms with E-state index in [0.29, 0.717) is 54.1 Å². The molecule has 326 valence electrons. The third kappa shape index (κ3) is 6.56. The Bertz CT molecular complexity index is 2930. The Morgan fingerprint density at radius 3 is 0.984 bits per heavy atom. The maximum absolute atomic E-state index is 7.11. The molecule has 2 nitrogen and oxygen atoms in total. The van der Waals surface area contributed by atoms with E-state index in [2.05, 4.69) is 179 Å². The van der Waals surface area contributed by atoms with Gasteiger partial charge in [-0.05, 0) is 90.9 Å². The highest BCUT2D eigenvalue weighted by molar-refractivity contribution is 6.91. The number of fused-ring (bicyclic) bond motifs is 4. The average Bonchev–Trinajstić information content (AvgIpc) is 3.25. The van der Waals surface area contributed by atoms with Gasteiger partial charge < -0.3 is 0 Å². The summed E-state index contributed by atoms with van der Waals surface area (Å²) in [5.41, 5.74) is 23.7. The van der Waals surface area contributed by atoms with E-state index in [1.807, 2.05) is 0 Å². The number of hydrogen-bond donors (Lipinski definition) is 0. The minimum Gasteiger partial charge on any atom is -0.243 e. The summed E-state index contributed by atoms with van der Waals surface area (Å²) in [4.78, 5) is 11.4. The summed E-state index contributed by atoms with van der Waals surface area (Å²) in [6.07, 6.45) is 0. The Balaban J connectivity index is 1.48. The van der Waals surface area contributed by atoms with E-state index in [1.54, 1.807) is 0 Å². The van der Waals surface area contributed by atoms with Gasteiger partial charge in [0.05, 0.1) is 42.3 Å². The third-order valence-corrected chi connectivity index (χ3v) is 29.9. The van der Waals surface area contributed by atoms with Gasteiger partial charge in [0.2, 0.25) is 0 Å². The van der Waals surface area contributed by atoms with Crippen molar-refractivity contribution < 1.29 is 0 Å². The van der Waals surface area contributed by atoms with Crippen LogP contribution in [0.5, 0.6) is 0 Å². The topological polar surface area (TPSA) is 25.8 Å². The second kappa shape index (κ2) is 16.5. The average molecular weight is 955 g/mol. The first-order valence-electron chi connectivity index (χ1n) is 23.0. The van der Waals surface area contributed by atoms with Crippen molar-refractivity contribution in [2.75, 3.05) is 0 Å². The minimum atomic E-state index is -2.23. The molecule has 2 bridgehead atoms. The summed E-state index contributed by atoms with van der Waals surface area (Å²) in [5, 5.41) is 4.41. The molecule has 0 saturated heterocycles. The van der Waals surface area contributed by atoms with E-state index >= 15 is 0 Å². The maximum atomic E-state index is 7.11.